The topological polar surface area (TPSA) is 118 Å². The van der Waals surface area contributed by atoms with Gasteiger partial charge in [0.25, 0.3) is 0 Å². The minimum absolute atomic E-state index is 0.00309. The third-order valence-electron chi connectivity index (χ3n) is 5.38. The van der Waals surface area contributed by atoms with Gasteiger partial charge >= 0.3 is 6.09 Å². The molecule has 3 fully saturated rings. The number of rotatable bonds is 4. The van der Waals surface area contributed by atoms with Crippen molar-refractivity contribution < 1.29 is 28.5 Å². The van der Waals surface area contributed by atoms with E-state index in [1.54, 1.807) is 16.7 Å². The second-order valence-corrected chi connectivity index (χ2v) is 7.41. The number of amides is 3. The first-order valence-electron chi connectivity index (χ1n) is 9.36. The molecule has 3 saturated heterocycles. The zero-order valence-corrected chi connectivity index (χ0v) is 15.7. The van der Waals surface area contributed by atoms with Crippen molar-refractivity contribution in [2.24, 2.45) is 5.92 Å². The number of hydrogen-bond acceptors (Lipinski definition) is 8. The Morgan fingerprint density at radius 2 is 2.00 bits per heavy atom. The quantitative estimate of drug-likeness (QED) is 0.643. The van der Waals surface area contributed by atoms with Gasteiger partial charge in [-0.25, -0.2) is 9.42 Å². The third-order valence-corrected chi connectivity index (χ3v) is 5.38. The van der Waals surface area contributed by atoms with Crippen molar-refractivity contribution in [3.05, 3.63) is 11.4 Å². The molecule has 152 valence electrons. The first-order valence-corrected chi connectivity index (χ1v) is 9.36. The highest BCUT2D eigenvalue weighted by Crippen LogP contribution is 2.21. The van der Waals surface area contributed by atoms with Crippen LogP contribution in [0.3, 0.4) is 0 Å². The fraction of sp³-hybridized carbons (Fsp3) is 0.706. The Bertz CT molecular complexity index is 767. The van der Waals surface area contributed by atoms with E-state index in [4.69, 9.17) is 9.47 Å². The van der Waals surface area contributed by atoms with E-state index < -0.39 is 6.09 Å². The van der Waals surface area contributed by atoms with Gasteiger partial charge in [-0.3, -0.25) is 14.5 Å². The molecular weight excluding hydrogens is 370 g/mol. The lowest BCUT2D eigenvalue weighted by Crippen LogP contribution is -2.50. The molecule has 0 N–H and O–H groups in total. The second kappa shape index (κ2) is 7.74. The van der Waals surface area contributed by atoms with Crippen molar-refractivity contribution in [3.8, 4) is 0 Å². The van der Waals surface area contributed by atoms with Crippen LogP contribution in [0.5, 0.6) is 0 Å². The van der Waals surface area contributed by atoms with Gasteiger partial charge in [0.15, 0.2) is 0 Å². The molecule has 0 unspecified atom stereocenters. The maximum atomic E-state index is 12.9. The van der Waals surface area contributed by atoms with Crippen molar-refractivity contribution in [2.45, 2.75) is 19.4 Å². The van der Waals surface area contributed by atoms with Crippen molar-refractivity contribution in [2.75, 3.05) is 52.5 Å². The van der Waals surface area contributed by atoms with Crippen LogP contribution in [0.2, 0.25) is 0 Å². The van der Waals surface area contributed by atoms with Gasteiger partial charge < -0.3 is 19.3 Å². The maximum Gasteiger partial charge on any atom is 0.410 e. The minimum Gasteiger partial charge on any atom is -0.448 e. The molecule has 4 rings (SSSR count). The van der Waals surface area contributed by atoms with Crippen LogP contribution in [-0.4, -0.2) is 102 Å². The van der Waals surface area contributed by atoms with Crippen LogP contribution in [0.25, 0.3) is 0 Å². The first kappa shape index (κ1) is 18.7. The normalized spacial score (nSPS) is 24.9. The SMILES string of the molecule is Cc1nonc1CC(=O)N1C[C@H]2COC[C@@H]1CN(C(=O)CN1CCOC1=O)C2. The number of nitrogens with zero attached hydrogens (tertiary/aromatic N) is 5. The summed E-state index contributed by atoms with van der Waals surface area (Å²) >= 11 is 0. The Morgan fingerprint density at radius 3 is 2.71 bits per heavy atom. The number of ether oxygens (including phenoxy) is 2. The molecular formula is C17H23N5O6. The highest BCUT2D eigenvalue weighted by atomic mass is 16.6. The van der Waals surface area contributed by atoms with Crippen LogP contribution in [-0.2, 0) is 25.5 Å². The van der Waals surface area contributed by atoms with Crippen LogP contribution in [0.15, 0.2) is 4.63 Å². The molecule has 3 amide bonds. The maximum absolute atomic E-state index is 12.9. The Kier molecular flexibility index (Phi) is 5.16. The zero-order valence-electron chi connectivity index (χ0n) is 15.7. The summed E-state index contributed by atoms with van der Waals surface area (Å²) in [6.07, 6.45) is -0.355. The Morgan fingerprint density at radius 1 is 1.14 bits per heavy atom. The minimum atomic E-state index is -0.458. The second-order valence-electron chi connectivity index (χ2n) is 7.41. The summed E-state index contributed by atoms with van der Waals surface area (Å²) in [5.41, 5.74) is 1.11. The zero-order chi connectivity index (χ0) is 19.7. The number of cyclic esters (lactones) is 1. The number of carbonyl (C=O) groups is 3. The average molecular weight is 393 g/mol. The summed E-state index contributed by atoms with van der Waals surface area (Å²) in [7, 11) is 0. The molecule has 4 heterocycles. The fourth-order valence-electron chi connectivity index (χ4n) is 3.84. The summed E-state index contributed by atoms with van der Waals surface area (Å²) in [4.78, 5) is 42.2. The summed E-state index contributed by atoms with van der Waals surface area (Å²) in [6.45, 7) is 4.71. The molecule has 3 aliphatic rings. The number of carbonyl (C=O) groups excluding carboxylic acids is 3. The van der Waals surface area contributed by atoms with E-state index in [2.05, 4.69) is 14.9 Å². The number of hydrogen-bond donors (Lipinski definition) is 0. The lowest BCUT2D eigenvalue weighted by atomic mass is 10.1. The largest absolute Gasteiger partial charge is 0.448 e. The van der Waals surface area contributed by atoms with Gasteiger partial charge in [0, 0.05) is 25.6 Å². The molecule has 11 nitrogen and oxygen atoms in total. The molecule has 28 heavy (non-hydrogen) atoms. The Balaban J connectivity index is 1.44. The molecule has 1 aromatic rings. The summed E-state index contributed by atoms with van der Waals surface area (Å²) in [5, 5.41) is 7.50. The molecule has 2 bridgehead atoms. The Labute approximate surface area is 161 Å². The van der Waals surface area contributed by atoms with E-state index in [9.17, 15) is 14.4 Å². The lowest BCUT2D eigenvalue weighted by molar-refractivity contribution is -0.137. The van der Waals surface area contributed by atoms with Crippen molar-refractivity contribution >= 4 is 17.9 Å². The predicted molar refractivity (Wildman–Crippen MR) is 92.1 cm³/mol. The summed E-state index contributed by atoms with van der Waals surface area (Å²) in [6, 6.07) is -0.241. The highest BCUT2D eigenvalue weighted by Gasteiger charge is 2.38. The van der Waals surface area contributed by atoms with Gasteiger partial charge in [-0.05, 0) is 6.92 Å². The third kappa shape index (κ3) is 3.79. The molecule has 3 aliphatic heterocycles. The van der Waals surface area contributed by atoms with E-state index >= 15 is 0 Å². The van der Waals surface area contributed by atoms with Crippen molar-refractivity contribution in [1.29, 1.82) is 0 Å². The van der Waals surface area contributed by atoms with E-state index in [-0.39, 0.29) is 36.7 Å². The highest BCUT2D eigenvalue weighted by molar-refractivity contribution is 5.83. The van der Waals surface area contributed by atoms with Crippen LogP contribution >= 0.6 is 0 Å². The van der Waals surface area contributed by atoms with E-state index in [1.807, 2.05) is 0 Å². The van der Waals surface area contributed by atoms with Gasteiger partial charge in [0.1, 0.15) is 24.5 Å². The molecule has 0 aromatic carbocycles. The molecule has 1 aromatic heterocycles. The average Bonchev–Trinajstić information content (AvgIpc) is 3.10. The van der Waals surface area contributed by atoms with Crippen LogP contribution in [0.4, 0.5) is 4.79 Å². The standard InChI is InChI=1S/C17H23N5O6/c1-11-14(19-28-18-11)4-15(23)22-6-12-5-21(7-13(22)10-26-9-12)16(24)8-20-2-3-27-17(20)25/h12-13H,2-10H2,1H3/t12-,13-/m0/s1. The molecule has 2 atom stereocenters. The predicted octanol–water partition coefficient (Wildman–Crippen LogP) is -0.941. The summed E-state index contributed by atoms with van der Waals surface area (Å²) in [5.74, 6) is -0.208. The first-order chi connectivity index (χ1) is 13.5. The fourth-order valence-corrected chi connectivity index (χ4v) is 3.84. The number of fused-ring (bicyclic) bond motifs is 3. The van der Waals surface area contributed by atoms with Gasteiger partial charge in [0.2, 0.25) is 11.8 Å². The monoisotopic (exact) mass is 393 g/mol. The van der Waals surface area contributed by atoms with Crippen molar-refractivity contribution in [3.63, 3.8) is 0 Å². The van der Waals surface area contributed by atoms with Crippen LogP contribution < -0.4 is 0 Å². The molecule has 11 heteroatoms. The van der Waals surface area contributed by atoms with E-state index in [0.717, 1.165) is 0 Å². The van der Waals surface area contributed by atoms with Crippen LogP contribution in [0.1, 0.15) is 11.4 Å². The lowest BCUT2D eigenvalue weighted by Gasteiger charge is -2.31. The molecule has 0 radical (unpaired) electrons. The van der Waals surface area contributed by atoms with Gasteiger partial charge in [-0.1, -0.05) is 10.3 Å². The molecule has 0 saturated carbocycles. The van der Waals surface area contributed by atoms with Gasteiger partial charge in [-0.2, -0.15) is 0 Å². The smallest absolute Gasteiger partial charge is 0.410 e. The van der Waals surface area contributed by atoms with Crippen LogP contribution in [0, 0.1) is 12.8 Å². The number of aromatic nitrogens is 2. The van der Waals surface area contributed by atoms with E-state index in [0.29, 0.717) is 57.4 Å². The Hall–Kier alpha value is -2.69. The molecule has 0 spiro atoms. The number of aryl methyl sites for hydroxylation is 1. The van der Waals surface area contributed by atoms with Gasteiger partial charge in [0.05, 0.1) is 32.2 Å². The summed E-state index contributed by atoms with van der Waals surface area (Å²) < 4.78 is 15.3. The molecule has 0 aliphatic carbocycles. The van der Waals surface area contributed by atoms with Gasteiger partial charge in [-0.15, -0.1) is 0 Å². The van der Waals surface area contributed by atoms with E-state index in [1.165, 1.54) is 4.90 Å². The van der Waals surface area contributed by atoms with Crippen molar-refractivity contribution in [1.82, 2.24) is 25.0 Å².